The maximum Gasteiger partial charge on any atom is 0.416 e. The molecule has 1 aromatic carbocycles. The van der Waals surface area contributed by atoms with Crippen molar-refractivity contribution < 1.29 is 18.0 Å². The maximum atomic E-state index is 12.7. The van der Waals surface area contributed by atoms with Gasteiger partial charge in [-0.15, -0.1) is 0 Å². The number of thiophene rings is 1. The highest BCUT2D eigenvalue weighted by Gasteiger charge is 2.30. The molecule has 0 radical (unpaired) electrons. The Kier molecular flexibility index (Phi) is 4.89. The SMILES string of the molecule is O=C(NCCn1ccc(-c2ccsc2)n1)c1cccc(C(F)(F)F)c1. The Morgan fingerprint density at radius 3 is 2.80 bits per heavy atom. The molecule has 130 valence electrons. The van der Waals surface area contributed by atoms with Crippen molar-refractivity contribution in [1.29, 1.82) is 0 Å². The molecule has 0 saturated heterocycles. The number of amides is 1. The third-order valence-electron chi connectivity index (χ3n) is 3.54. The number of benzene rings is 1. The molecule has 0 aliphatic rings. The van der Waals surface area contributed by atoms with Crippen molar-refractivity contribution in [3.63, 3.8) is 0 Å². The Morgan fingerprint density at radius 1 is 1.24 bits per heavy atom. The van der Waals surface area contributed by atoms with E-state index in [2.05, 4.69) is 10.4 Å². The summed E-state index contributed by atoms with van der Waals surface area (Å²) >= 11 is 1.58. The third-order valence-corrected chi connectivity index (χ3v) is 4.22. The number of nitrogens with one attached hydrogen (secondary N) is 1. The molecule has 0 aliphatic heterocycles. The van der Waals surface area contributed by atoms with Gasteiger partial charge in [-0.25, -0.2) is 0 Å². The number of alkyl halides is 3. The van der Waals surface area contributed by atoms with Gasteiger partial charge in [-0.2, -0.15) is 29.6 Å². The standard InChI is InChI=1S/C17H14F3N3OS/c18-17(19,20)14-3-1-2-12(10-14)16(24)21-6-8-23-7-4-15(22-23)13-5-9-25-11-13/h1-5,7,9-11H,6,8H2,(H,21,24). The van der Waals surface area contributed by atoms with Crippen LogP contribution < -0.4 is 5.32 Å². The van der Waals surface area contributed by atoms with Crippen LogP contribution in [0.3, 0.4) is 0 Å². The second-order valence-corrected chi connectivity index (χ2v) is 6.09. The summed E-state index contributed by atoms with van der Waals surface area (Å²) in [6.45, 7) is 0.689. The molecule has 8 heteroatoms. The molecule has 0 spiro atoms. The van der Waals surface area contributed by atoms with Gasteiger partial charge in [-0.3, -0.25) is 9.48 Å². The van der Waals surface area contributed by atoms with Gasteiger partial charge in [0.15, 0.2) is 0 Å². The van der Waals surface area contributed by atoms with Crippen LogP contribution in [0.4, 0.5) is 13.2 Å². The van der Waals surface area contributed by atoms with E-state index in [0.29, 0.717) is 6.54 Å². The first kappa shape index (κ1) is 17.2. The van der Waals surface area contributed by atoms with E-state index in [9.17, 15) is 18.0 Å². The number of hydrogen-bond acceptors (Lipinski definition) is 3. The molecule has 2 heterocycles. The number of carbonyl (C=O) groups is 1. The van der Waals surface area contributed by atoms with Gasteiger partial charge in [0.2, 0.25) is 0 Å². The lowest BCUT2D eigenvalue weighted by Crippen LogP contribution is -2.27. The second-order valence-electron chi connectivity index (χ2n) is 5.31. The fourth-order valence-electron chi connectivity index (χ4n) is 2.27. The van der Waals surface area contributed by atoms with E-state index >= 15 is 0 Å². The molecule has 3 aromatic rings. The Bertz CT molecular complexity index is 856. The van der Waals surface area contributed by atoms with Gasteiger partial charge < -0.3 is 5.32 Å². The van der Waals surface area contributed by atoms with Crippen molar-refractivity contribution in [2.24, 2.45) is 0 Å². The second kappa shape index (κ2) is 7.10. The van der Waals surface area contributed by atoms with Crippen molar-refractivity contribution in [1.82, 2.24) is 15.1 Å². The number of aromatic nitrogens is 2. The number of carbonyl (C=O) groups excluding carboxylic acids is 1. The van der Waals surface area contributed by atoms with Crippen LogP contribution in [0.1, 0.15) is 15.9 Å². The van der Waals surface area contributed by atoms with Crippen molar-refractivity contribution >= 4 is 17.2 Å². The van der Waals surface area contributed by atoms with Crippen LogP contribution in [-0.4, -0.2) is 22.2 Å². The topological polar surface area (TPSA) is 46.9 Å². The molecule has 0 unspecified atom stereocenters. The predicted octanol–water partition coefficient (Wildman–Crippen LogP) is 4.06. The average molecular weight is 365 g/mol. The molecule has 2 aromatic heterocycles. The minimum atomic E-state index is -4.47. The zero-order valence-corrected chi connectivity index (χ0v) is 13.8. The van der Waals surface area contributed by atoms with Crippen molar-refractivity contribution in [2.75, 3.05) is 6.54 Å². The van der Waals surface area contributed by atoms with Gasteiger partial charge in [-0.05, 0) is 35.7 Å². The first-order valence-corrected chi connectivity index (χ1v) is 8.39. The first-order chi connectivity index (χ1) is 11.9. The minimum absolute atomic E-state index is 0.0192. The first-order valence-electron chi connectivity index (χ1n) is 7.45. The van der Waals surface area contributed by atoms with Crippen LogP contribution in [0.15, 0.2) is 53.4 Å². The summed E-state index contributed by atoms with van der Waals surface area (Å²) < 4.78 is 39.7. The summed E-state index contributed by atoms with van der Waals surface area (Å²) in [5, 5.41) is 10.9. The quantitative estimate of drug-likeness (QED) is 0.741. The molecule has 1 amide bonds. The van der Waals surface area contributed by atoms with E-state index in [1.165, 1.54) is 12.1 Å². The zero-order chi connectivity index (χ0) is 17.9. The summed E-state index contributed by atoms with van der Waals surface area (Å²) in [6.07, 6.45) is -2.67. The monoisotopic (exact) mass is 365 g/mol. The summed E-state index contributed by atoms with van der Waals surface area (Å²) in [4.78, 5) is 12.0. The molecule has 0 aliphatic carbocycles. The summed E-state index contributed by atoms with van der Waals surface area (Å²) in [5.74, 6) is -0.545. The average Bonchev–Trinajstić information content (AvgIpc) is 3.25. The minimum Gasteiger partial charge on any atom is -0.350 e. The smallest absolute Gasteiger partial charge is 0.350 e. The van der Waals surface area contributed by atoms with Crippen LogP contribution in [0.25, 0.3) is 11.3 Å². The van der Waals surface area contributed by atoms with Gasteiger partial charge in [0.05, 0.1) is 17.8 Å². The van der Waals surface area contributed by atoms with E-state index in [1.807, 2.05) is 22.9 Å². The van der Waals surface area contributed by atoms with Crippen molar-refractivity contribution in [3.05, 3.63) is 64.5 Å². The highest BCUT2D eigenvalue weighted by atomic mass is 32.1. The van der Waals surface area contributed by atoms with Crippen LogP contribution in [-0.2, 0) is 12.7 Å². The summed E-state index contributed by atoms with van der Waals surface area (Å²) in [5.41, 5.74) is 1.00. The van der Waals surface area contributed by atoms with Crippen LogP contribution in [0.2, 0.25) is 0 Å². The van der Waals surface area contributed by atoms with Crippen molar-refractivity contribution in [3.8, 4) is 11.3 Å². The fraction of sp³-hybridized carbons (Fsp3) is 0.176. The van der Waals surface area contributed by atoms with Gasteiger partial charge in [0.25, 0.3) is 5.91 Å². The molecule has 0 atom stereocenters. The van der Waals surface area contributed by atoms with E-state index < -0.39 is 17.6 Å². The van der Waals surface area contributed by atoms with Crippen LogP contribution in [0, 0.1) is 0 Å². The highest BCUT2D eigenvalue weighted by molar-refractivity contribution is 7.08. The maximum absolute atomic E-state index is 12.7. The lowest BCUT2D eigenvalue weighted by molar-refractivity contribution is -0.137. The van der Waals surface area contributed by atoms with E-state index in [1.54, 1.807) is 22.2 Å². The van der Waals surface area contributed by atoms with Gasteiger partial charge in [0, 0.05) is 29.2 Å². The number of rotatable bonds is 5. The van der Waals surface area contributed by atoms with Crippen molar-refractivity contribution in [2.45, 2.75) is 12.7 Å². The lowest BCUT2D eigenvalue weighted by atomic mass is 10.1. The van der Waals surface area contributed by atoms with Gasteiger partial charge in [0.1, 0.15) is 0 Å². The Balaban J connectivity index is 1.56. The van der Waals surface area contributed by atoms with Crippen LogP contribution in [0.5, 0.6) is 0 Å². The number of halogens is 3. The van der Waals surface area contributed by atoms with Gasteiger partial charge >= 0.3 is 6.18 Å². The highest BCUT2D eigenvalue weighted by Crippen LogP contribution is 2.29. The predicted molar refractivity (Wildman–Crippen MR) is 89.3 cm³/mol. The molecule has 0 fully saturated rings. The van der Waals surface area contributed by atoms with E-state index in [4.69, 9.17) is 0 Å². The Hall–Kier alpha value is -2.61. The number of nitrogens with zero attached hydrogens (tertiary/aromatic N) is 2. The zero-order valence-electron chi connectivity index (χ0n) is 13.0. The molecule has 3 rings (SSSR count). The van der Waals surface area contributed by atoms with E-state index in [0.717, 1.165) is 23.4 Å². The summed E-state index contributed by atoms with van der Waals surface area (Å²) in [7, 11) is 0. The lowest BCUT2D eigenvalue weighted by Gasteiger charge is -2.09. The molecular weight excluding hydrogens is 351 g/mol. The molecule has 25 heavy (non-hydrogen) atoms. The largest absolute Gasteiger partial charge is 0.416 e. The summed E-state index contributed by atoms with van der Waals surface area (Å²) in [6, 6.07) is 8.19. The molecule has 0 saturated carbocycles. The number of hydrogen-bond donors (Lipinski definition) is 1. The van der Waals surface area contributed by atoms with Gasteiger partial charge in [-0.1, -0.05) is 6.07 Å². The Labute approximate surface area is 145 Å². The third kappa shape index (κ3) is 4.27. The molecule has 0 bridgehead atoms. The molecular formula is C17H14F3N3OS. The molecule has 1 N–H and O–H groups in total. The molecule has 4 nitrogen and oxygen atoms in total. The Morgan fingerprint density at radius 2 is 2.08 bits per heavy atom. The van der Waals surface area contributed by atoms with E-state index in [-0.39, 0.29) is 12.1 Å². The fourth-order valence-corrected chi connectivity index (χ4v) is 2.92. The normalized spacial score (nSPS) is 11.5. The van der Waals surface area contributed by atoms with Crippen LogP contribution >= 0.6 is 11.3 Å².